The van der Waals surface area contributed by atoms with Gasteiger partial charge in [-0.3, -0.25) is 0 Å². The van der Waals surface area contributed by atoms with Crippen molar-refractivity contribution in [2.24, 2.45) is 0 Å². The second kappa shape index (κ2) is 5.51. The molecule has 2 aliphatic heterocycles. The predicted octanol–water partition coefficient (Wildman–Crippen LogP) is 3.28. The molecule has 3 unspecified atom stereocenters. The summed E-state index contributed by atoms with van der Waals surface area (Å²) < 4.78 is 5.74. The molecule has 2 aliphatic rings. The minimum atomic E-state index is 0.396. The number of rotatable bonds is 2. The Labute approximate surface area is 115 Å². The summed E-state index contributed by atoms with van der Waals surface area (Å²) in [5.41, 5.74) is 5.07. The first kappa shape index (κ1) is 12.9. The number of piperidine rings is 1. The van der Waals surface area contributed by atoms with Gasteiger partial charge < -0.3 is 4.74 Å². The van der Waals surface area contributed by atoms with Gasteiger partial charge in [-0.25, -0.2) is 10.4 Å². The number of hydrogen-bond acceptors (Lipinski definition) is 3. The molecule has 19 heavy (non-hydrogen) atoms. The van der Waals surface area contributed by atoms with Crippen LogP contribution in [0, 0.1) is 0 Å². The van der Waals surface area contributed by atoms with Crippen molar-refractivity contribution in [2.75, 3.05) is 6.61 Å². The van der Waals surface area contributed by atoms with Gasteiger partial charge >= 0.3 is 0 Å². The van der Waals surface area contributed by atoms with E-state index in [4.69, 9.17) is 4.74 Å². The fourth-order valence-electron chi connectivity index (χ4n) is 3.33. The van der Waals surface area contributed by atoms with Gasteiger partial charge in [-0.05, 0) is 32.8 Å². The second-order valence-electron chi connectivity index (χ2n) is 5.89. The van der Waals surface area contributed by atoms with Gasteiger partial charge in [0.1, 0.15) is 5.75 Å². The van der Waals surface area contributed by atoms with Crippen LogP contribution in [-0.2, 0) is 0 Å². The molecule has 0 aliphatic carbocycles. The lowest BCUT2D eigenvalue weighted by molar-refractivity contribution is 0.0216. The van der Waals surface area contributed by atoms with Crippen molar-refractivity contribution in [2.45, 2.75) is 57.7 Å². The fraction of sp³-hybridized carbons (Fsp3) is 0.625. The molecule has 3 nitrogen and oxygen atoms in total. The van der Waals surface area contributed by atoms with Gasteiger partial charge in [0, 0.05) is 24.1 Å². The van der Waals surface area contributed by atoms with Crippen LogP contribution >= 0.6 is 0 Å². The maximum atomic E-state index is 5.74. The second-order valence-corrected chi connectivity index (χ2v) is 5.89. The van der Waals surface area contributed by atoms with E-state index in [2.05, 4.69) is 42.5 Å². The van der Waals surface area contributed by atoms with Crippen LogP contribution in [0.4, 0.5) is 0 Å². The first-order valence-electron chi connectivity index (χ1n) is 7.52. The Hall–Kier alpha value is -1.06. The molecule has 1 aromatic rings. The fourth-order valence-corrected chi connectivity index (χ4v) is 3.33. The van der Waals surface area contributed by atoms with Crippen molar-refractivity contribution in [3.8, 4) is 5.75 Å². The van der Waals surface area contributed by atoms with Crippen molar-refractivity contribution in [1.29, 1.82) is 0 Å². The van der Waals surface area contributed by atoms with E-state index in [0.29, 0.717) is 18.1 Å². The Morgan fingerprint density at radius 3 is 2.63 bits per heavy atom. The normalized spacial score (nSPS) is 31.6. The zero-order chi connectivity index (χ0) is 13.2. The lowest BCUT2D eigenvalue weighted by Gasteiger charge is -2.42. The summed E-state index contributed by atoms with van der Waals surface area (Å²) in [7, 11) is 0. The van der Waals surface area contributed by atoms with Gasteiger partial charge in [0.2, 0.25) is 0 Å². The number of fused-ring (bicyclic) bond motifs is 1. The highest BCUT2D eigenvalue weighted by Gasteiger charge is 2.29. The number of ether oxygens (including phenoxy) is 1. The van der Waals surface area contributed by atoms with Crippen LogP contribution in [0.3, 0.4) is 0 Å². The van der Waals surface area contributed by atoms with Crippen LogP contribution in [0.15, 0.2) is 24.3 Å². The minimum Gasteiger partial charge on any atom is -0.493 e. The lowest BCUT2D eigenvalue weighted by Crippen LogP contribution is -2.53. The standard InChI is InChI=1S/C16H24N2O/c1-12-6-5-7-13(2)18(12)17-15-10-11-19-16-9-4-3-8-14(15)16/h3-4,8-9,12-13,15,17H,5-7,10-11H2,1-2H3. The number of hydrogen-bond donors (Lipinski definition) is 1. The van der Waals surface area contributed by atoms with Crippen LogP contribution in [0.5, 0.6) is 5.75 Å². The van der Waals surface area contributed by atoms with Crippen LogP contribution in [0.25, 0.3) is 0 Å². The van der Waals surface area contributed by atoms with Gasteiger partial charge in [-0.1, -0.05) is 24.6 Å². The average molecular weight is 260 g/mol. The number of para-hydroxylation sites is 1. The molecule has 1 saturated heterocycles. The molecule has 1 aromatic carbocycles. The summed E-state index contributed by atoms with van der Waals surface area (Å²) in [6, 6.07) is 10.1. The van der Waals surface area contributed by atoms with E-state index in [0.717, 1.165) is 18.8 Å². The van der Waals surface area contributed by atoms with Crippen molar-refractivity contribution in [3.05, 3.63) is 29.8 Å². The number of benzene rings is 1. The molecular formula is C16H24N2O. The van der Waals surface area contributed by atoms with Gasteiger partial charge in [-0.15, -0.1) is 0 Å². The van der Waals surface area contributed by atoms with E-state index in [-0.39, 0.29) is 0 Å². The number of nitrogens with zero attached hydrogens (tertiary/aromatic N) is 1. The summed E-state index contributed by atoms with van der Waals surface area (Å²) in [5.74, 6) is 1.04. The Kier molecular flexibility index (Phi) is 3.76. The van der Waals surface area contributed by atoms with Gasteiger partial charge in [0.15, 0.2) is 0 Å². The summed E-state index contributed by atoms with van der Waals surface area (Å²) in [4.78, 5) is 0. The molecule has 0 spiro atoms. The van der Waals surface area contributed by atoms with Crippen molar-refractivity contribution in [1.82, 2.24) is 10.4 Å². The Bertz CT molecular complexity index is 425. The quantitative estimate of drug-likeness (QED) is 0.883. The first-order valence-corrected chi connectivity index (χ1v) is 7.52. The molecule has 3 heteroatoms. The molecule has 0 amide bonds. The molecule has 104 valence electrons. The molecule has 0 aromatic heterocycles. The van der Waals surface area contributed by atoms with Crippen LogP contribution < -0.4 is 10.2 Å². The third-order valence-electron chi connectivity index (χ3n) is 4.46. The van der Waals surface area contributed by atoms with E-state index in [1.165, 1.54) is 24.8 Å². The highest BCUT2D eigenvalue weighted by molar-refractivity contribution is 5.37. The van der Waals surface area contributed by atoms with Gasteiger partial charge in [-0.2, -0.15) is 0 Å². The van der Waals surface area contributed by atoms with E-state index in [9.17, 15) is 0 Å². The van der Waals surface area contributed by atoms with Crippen LogP contribution in [0.2, 0.25) is 0 Å². The lowest BCUT2D eigenvalue weighted by atomic mass is 9.98. The maximum Gasteiger partial charge on any atom is 0.124 e. The summed E-state index contributed by atoms with van der Waals surface area (Å²) in [6.45, 7) is 5.47. The topological polar surface area (TPSA) is 24.5 Å². The van der Waals surface area contributed by atoms with Crippen molar-refractivity contribution >= 4 is 0 Å². The van der Waals surface area contributed by atoms with E-state index in [1.807, 2.05) is 6.07 Å². The molecule has 1 N–H and O–H groups in total. The zero-order valence-electron chi connectivity index (χ0n) is 11.9. The van der Waals surface area contributed by atoms with Gasteiger partial charge in [0.05, 0.1) is 12.6 Å². The minimum absolute atomic E-state index is 0.396. The summed E-state index contributed by atoms with van der Waals surface area (Å²) >= 11 is 0. The molecule has 3 rings (SSSR count). The molecule has 0 bridgehead atoms. The Morgan fingerprint density at radius 1 is 1.11 bits per heavy atom. The summed E-state index contributed by atoms with van der Waals surface area (Å²) in [5, 5.41) is 2.47. The average Bonchev–Trinajstić information content (AvgIpc) is 2.43. The van der Waals surface area contributed by atoms with E-state index in [1.54, 1.807) is 0 Å². The monoisotopic (exact) mass is 260 g/mol. The molecular weight excluding hydrogens is 236 g/mol. The highest BCUT2D eigenvalue weighted by Crippen LogP contribution is 2.33. The zero-order valence-corrected chi connectivity index (χ0v) is 11.9. The third kappa shape index (κ3) is 2.63. The number of hydrazine groups is 1. The first-order chi connectivity index (χ1) is 9.25. The van der Waals surface area contributed by atoms with Crippen molar-refractivity contribution < 1.29 is 4.74 Å². The predicted molar refractivity (Wildman–Crippen MR) is 77.0 cm³/mol. The Balaban J connectivity index is 1.77. The Morgan fingerprint density at radius 2 is 1.84 bits per heavy atom. The third-order valence-corrected chi connectivity index (χ3v) is 4.46. The van der Waals surface area contributed by atoms with E-state index < -0.39 is 0 Å². The SMILES string of the molecule is CC1CCCC(C)N1NC1CCOc2ccccc21. The van der Waals surface area contributed by atoms with Crippen LogP contribution in [-0.4, -0.2) is 23.7 Å². The molecule has 0 radical (unpaired) electrons. The smallest absolute Gasteiger partial charge is 0.124 e. The molecule has 2 heterocycles. The maximum absolute atomic E-state index is 5.74. The van der Waals surface area contributed by atoms with E-state index >= 15 is 0 Å². The largest absolute Gasteiger partial charge is 0.493 e. The molecule has 0 saturated carbocycles. The highest BCUT2D eigenvalue weighted by atomic mass is 16.5. The molecule has 1 fully saturated rings. The van der Waals surface area contributed by atoms with Crippen molar-refractivity contribution in [3.63, 3.8) is 0 Å². The van der Waals surface area contributed by atoms with Gasteiger partial charge in [0.25, 0.3) is 0 Å². The summed E-state index contributed by atoms with van der Waals surface area (Å²) in [6.07, 6.45) is 4.99. The van der Waals surface area contributed by atoms with Crippen LogP contribution in [0.1, 0.15) is 51.1 Å². The molecule has 3 atom stereocenters. The number of nitrogens with one attached hydrogen (secondary N) is 1.